The molecule has 0 amide bonds. The molecule has 16 heavy (non-hydrogen) atoms. The van der Waals surface area contributed by atoms with Gasteiger partial charge in [-0.1, -0.05) is 45.2 Å². The van der Waals surface area contributed by atoms with Crippen LogP contribution in [0.5, 0.6) is 0 Å². The summed E-state index contributed by atoms with van der Waals surface area (Å²) in [6.45, 7) is 14.3. The lowest BCUT2D eigenvalue weighted by Gasteiger charge is -2.30. The first-order valence-electron chi connectivity index (χ1n) is 6.00. The summed E-state index contributed by atoms with van der Waals surface area (Å²) in [6.07, 6.45) is 6.89. The Balaban J connectivity index is 0.00000106. The highest BCUT2D eigenvalue weighted by atomic mass is 16.5. The van der Waals surface area contributed by atoms with Gasteiger partial charge in [-0.2, -0.15) is 0 Å². The lowest BCUT2D eigenvalue weighted by molar-refractivity contribution is -0.0181. The third-order valence-electron chi connectivity index (χ3n) is 2.40. The molecule has 1 atom stereocenters. The van der Waals surface area contributed by atoms with E-state index in [1.165, 1.54) is 5.57 Å². The van der Waals surface area contributed by atoms with Crippen molar-refractivity contribution in [3.8, 4) is 0 Å². The lowest BCUT2D eigenvalue weighted by atomic mass is 10.1. The molecule has 1 fully saturated rings. The molecule has 0 aromatic carbocycles. The van der Waals surface area contributed by atoms with Crippen LogP contribution in [0.3, 0.4) is 0 Å². The van der Waals surface area contributed by atoms with Crippen molar-refractivity contribution in [3.63, 3.8) is 0 Å². The SMILES string of the molecule is C=C/C=C(\C=C)CC1CN(C)CCO1.CC. The summed E-state index contributed by atoms with van der Waals surface area (Å²) in [5.74, 6) is 0. The van der Waals surface area contributed by atoms with Gasteiger partial charge in [0, 0.05) is 13.1 Å². The quantitative estimate of drug-likeness (QED) is 0.679. The minimum absolute atomic E-state index is 0.304. The van der Waals surface area contributed by atoms with Crippen molar-refractivity contribution in [2.75, 3.05) is 26.7 Å². The number of allylic oxidation sites excluding steroid dienone is 3. The first-order chi connectivity index (χ1) is 7.76. The molecular formula is C14H25NO. The molecule has 2 nitrogen and oxygen atoms in total. The van der Waals surface area contributed by atoms with E-state index in [-0.39, 0.29) is 0 Å². The zero-order valence-corrected chi connectivity index (χ0v) is 10.9. The molecule has 1 aliphatic rings. The van der Waals surface area contributed by atoms with Crippen LogP contribution in [-0.4, -0.2) is 37.7 Å². The number of nitrogens with zero attached hydrogens (tertiary/aromatic N) is 1. The lowest BCUT2D eigenvalue weighted by Crippen LogP contribution is -2.39. The Morgan fingerprint density at radius 3 is 2.62 bits per heavy atom. The van der Waals surface area contributed by atoms with E-state index in [4.69, 9.17) is 4.74 Å². The zero-order chi connectivity index (χ0) is 12.4. The molecule has 1 rings (SSSR count). The van der Waals surface area contributed by atoms with Crippen LogP contribution in [0.15, 0.2) is 37.0 Å². The van der Waals surface area contributed by atoms with Crippen molar-refractivity contribution < 1.29 is 4.74 Å². The predicted octanol–water partition coefficient (Wildman–Crippen LogP) is 3.03. The number of hydrogen-bond donors (Lipinski definition) is 0. The number of morpholine rings is 1. The third-order valence-corrected chi connectivity index (χ3v) is 2.40. The Morgan fingerprint density at radius 2 is 2.12 bits per heavy atom. The fourth-order valence-corrected chi connectivity index (χ4v) is 1.62. The fourth-order valence-electron chi connectivity index (χ4n) is 1.62. The van der Waals surface area contributed by atoms with Gasteiger partial charge in [0.25, 0.3) is 0 Å². The molecule has 92 valence electrons. The normalized spacial score (nSPS) is 21.9. The molecule has 1 unspecified atom stereocenters. The smallest absolute Gasteiger partial charge is 0.0742 e. The van der Waals surface area contributed by atoms with Crippen molar-refractivity contribution in [3.05, 3.63) is 37.0 Å². The van der Waals surface area contributed by atoms with E-state index in [1.807, 2.05) is 26.0 Å². The Morgan fingerprint density at radius 1 is 1.44 bits per heavy atom. The van der Waals surface area contributed by atoms with Crippen LogP contribution in [0.2, 0.25) is 0 Å². The van der Waals surface area contributed by atoms with Crippen LogP contribution in [0.25, 0.3) is 0 Å². The highest BCUT2D eigenvalue weighted by Gasteiger charge is 2.17. The van der Waals surface area contributed by atoms with Gasteiger partial charge >= 0.3 is 0 Å². The van der Waals surface area contributed by atoms with E-state index >= 15 is 0 Å². The summed E-state index contributed by atoms with van der Waals surface area (Å²) in [4.78, 5) is 2.29. The summed E-state index contributed by atoms with van der Waals surface area (Å²) in [6, 6.07) is 0. The van der Waals surface area contributed by atoms with Crippen molar-refractivity contribution in [2.24, 2.45) is 0 Å². The average Bonchev–Trinajstić information content (AvgIpc) is 2.31. The topological polar surface area (TPSA) is 12.5 Å². The summed E-state index contributed by atoms with van der Waals surface area (Å²) in [5.41, 5.74) is 1.19. The maximum absolute atomic E-state index is 5.66. The molecule has 0 aliphatic carbocycles. The van der Waals surface area contributed by atoms with Gasteiger partial charge in [0.05, 0.1) is 12.7 Å². The zero-order valence-electron chi connectivity index (χ0n) is 10.9. The van der Waals surface area contributed by atoms with Crippen molar-refractivity contribution >= 4 is 0 Å². The molecule has 0 saturated carbocycles. The van der Waals surface area contributed by atoms with Crippen LogP contribution in [-0.2, 0) is 4.74 Å². The van der Waals surface area contributed by atoms with Crippen LogP contribution < -0.4 is 0 Å². The van der Waals surface area contributed by atoms with Crippen LogP contribution in [0.4, 0.5) is 0 Å². The number of ether oxygens (including phenoxy) is 1. The van der Waals surface area contributed by atoms with Gasteiger partial charge in [0.2, 0.25) is 0 Å². The van der Waals surface area contributed by atoms with Gasteiger partial charge in [0.15, 0.2) is 0 Å². The largest absolute Gasteiger partial charge is 0.375 e. The minimum Gasteiger partial charge on any atom is -0.375 e. The molecular weight excluding hydrogens is 198 g/mol. The van der Waals surface area contributed by atoms with Crippen LogP contribution >= 0.6 is 0 Å². The van der Waals surface area contributed by atoms with Crippen molar-refractivity contribution in [1.82, 2.24) is 4.90 Å². The molecule has 1 saturated heterocycles. The molecule has 0 aromatic heterocycles. The Bertz CT molecular complexity index is 233. The molecule has 0 N–H and O–H groups in total. The number of hydrogen-bond acceptors (Lipinski definition) is 2. The second-order valence-electron chi connectivity index (χ2n) is 3.64. The molecule has 0 bridgehead atoms. The summed E-state index contributed by atoms with van der Waals surface area (Å²) >= 11 is 0. The summed E-state index contributed by atoms with van der Waals surface area (Å²) < 4.78 is 5.66. The Hall–Kier alpha value is -0.860. The molecule has 1 aliphatic heterocycles. The maximum Gasteiger partial charge on any atom is 0.0742 e. The van der Waals surface area contributed by atoms with Gasteiger partial charge in [0.1, 0.15) is 0 Å². The highest BCUT2D eigenvalue weighted by molar-refractivity contribution is 5.21. The second kappa shape index (κ2) is 9.37. The Kier molecular flexibility index (Phi) is 8.87. The fraction of sp³-hybridized carbons (Fsp3) is 0.571. The van der Waals surface area contributed by atoms with Crippen LogP contribution in [0, 0.1) is 0 Å². The third kappa shape index (κ3) is 5.89. The van der Waals surface area contributed by atoms with Gasteiger partial charge < -0.3 is 9.64 Å². The van der Waals surface area contributed by atoms with Gasteiger partial charge in [-0.15, -0.1) is 0 Å². The van der Waals surface area contributed by atoms with Gasteiger partial charge in [-0.25, -0.2) is 0 Å². The highest BCUT2D eigenvalue weighted by Crippen LogP contribution is 2.13. The van der Waals surface area contributed by atoms with Gasteiger partial charge in [-0.05, 0) is 19.0 Å². The van der Waals surface area contributed by atoms with E-state index in [0.29, 0.717) is 6.10 Å². The number of rotatable bonds is 4. The first-order valence-corrected chi connectivity index (χ1v) is 6.00. The minimum atomic E-state index is 0.304. The monoisotopic (exact) mass is 223 g/mol. The average molecular weight is 223 g/mol. The second-order valence-corrected chi connectivity index (χ2v) is 3.64. The molecule has 1 heterocycles. The van der Waals surface area contributed by atoms with E-state index in [1.54, 1.807) is 6.08 Å². The van der Waals surface area contributed by atoms with Crippen LogP contribution in [0.1, 0.15) is 20.3 Å². The molecule has 0 aromatic rings. The first kappa shape index (κ1) is 15.1. The standard InChI is InChI=1S/C12H19NO.C2H6/c1-4-6-11(5-2)9-12-10-13(3)7-8-14-12;1-2/h4-6,12H,1-2,7-10H2,3H3;1-2H3/b11-6+;. The molecule has 0 spiro atoms. The van der Waals surface area contributed by atoms with E-state index in [9.17, 15) is 0 Å². The number of likely N-dealkylation sites (N-methyl/N-ethyl adjacent to an activating group) is 1. The Labute approximate surface area is 100 Å². The van der Waals surface area contributed by atoms with Crippen molar-refractivity contribution in [2.45, 2.75) is 26.4 Å². The summed E-state index contributed by atoms with van der Waals surface area (Å²) in [5, 5.41) is 0. The van der Waals surface area contributed by atoms with E-state index in [0.717, 1.165) is 26.1 Å². The molecule has 0 radical (unpaired) electrons. The predicted molar refractivity (Wildman–Crippen MR) is 71.7 cm³/mol. The maximum atomic E-state index is 5.66. The van der Waals surface area contributed by atoms with Gasteiger partial charge in [-0.3, -0.25) is 0 Å². The van der Waals surface area contributed by atoms with Crippen molar-refractivity contribution in [1.29, 1.82) is 0 Å². The molecule has 2 heteroatoms. The van der Waals surface area contributed by atoms with E-state index in [2.05, 4.69) is 25.1 Å². The van der Waals surface area contributed by atoms with E-state index < -0.39 is 0 Å². The summed E-state index contributed by atoms with van der Waals surface area (Å²) in [7, 11) is 2.13.